The average Bonchev–Trinajstić information content (AvgIpc) is 1.96. The molecule has 0 spiro atoms. The third-order valence-corrected chi connectivity index (χ3v) is 2.25. The molecule has 0 aliphatic carbocycles. The van der Waals surface area contributed by atoms with Crippen LogP contribution in [0.4, 0.5) is 0 Å². The van der Waals surface area contributed by atoms with Gasteiger partial charge in [0.25, 0.3) is 0 Å². The van der Waals surface area contributed by atoms with Crippen molar-refractivity contribution in [2.45, 2.75) is 27.3 Å². The summed E-state index contributed by atoms with van der Waals surface area (Å²) in [6, 6.07) is 4.40. The van der Waals surface area contributed by atoms with E-state index >= 15 is 0 Å². The van der Waals surface area contributed by atoms with Gasteiger partial charge in [0.2, 0.25) is 0 Å². The average molecular weight is 178 g/mol. The Balaban J connectivity index is 3.06. The molecule has 72 valence electrons. The lowest BCUT2D eigenvalue weighted by Gasteiger charge is -2.15. The minimum atomic E-state index is 0.817. The highest BCUT2D eigenvalue weighted by atomic mass is 15.4. The fraction of sp³-hybridized carbons (Fsp3) is 0.455. The van der Waals surface area contributed by atoms with Gasteiger partial charge in [0, 0.05) is 13.6 Å². The third kappa shape index (κ3) is 2.54. The van der Waals surface area contributed by atoms with Crippen molar-refractivity contribution in [2.24, 2.45) is 5.84 Å². The molecule has 0 bridgehead atoms. The van der Waals surface area contributed by atoms with Crippen LogP contribution in [0, 0.1) is 20.8 Å². The molecule has 13 heavy (non-hydrogen) atoms. The van der Waals surface area contributed by atoms with Crippen LogP contribution < -0.4 is 5.84 Å². The number of aryl methyl sites for hydroxylation is 3. The Kier molecular flexibility index (Phi) is 3.07. The molecule has 0 heterocycles. The minimum absolute atomic E-state index is 0.817. The van der Waals surface area contributed by atoms with Gasteiger partial charge in [0.15, 0.2) is 0 Å². The first-order valence-corrected chi connectivity index (χ1v) is 4.53. The Bertz CT molecular complexity index is 280. The van der Waals surface area contributed by atoms with E-state index < -0.39 is 0 Å². The Morgan fingerprint density at radius 2 is 1.62 bits per heavy atom. The Hall–Kier alpha value is -0.860. The zero-order chi connectivity index (χ0) is 10.0. The number of benzene rings is 1. The van der Waals surface area contributed by atoms with Crippen molar-refractivity contribution < 1.29 is 0 Å². The van der Waals surface area contributed by atoms with Crippen molar-refractivity contribution in [3.8, 4) is 0 Å². The molecule has 1 aromatic rings. The minimum Gasteiger partial charge on any atom is -0.269 e. The molecule has 2 nitrogen and oxygen atoms in total. The fourth-order valence-corrected chi connectivity index (χ4v) is 1.71. The van der Waals surface area contributed by atoms with E-state index in [-0.39, 0.29) is 0 Å². The number of hydrazine groups is 1. The van der Waals surface area contributed by atoms with Crippen LogP contribution in [0.15, 0.2) is 12.1 Å². The topological polar surface area (TPSA) is 29.3 Å². The van der Waals surface area contributed by atoms with E-state index in [1.54, 1.807) is 5.01 Å². The molecule has 0 unspecified atom stereocenters. The number of nitrogens with zero attached hydrogens (tertiary/aromatic N) is 1. The molecule has 0 amide bonds. The van der Waals surface area contributed by atoms with Crippen LogP contribution in [0.3, 0.4) is 0 Å². The lowest BCUT2D eigenvalue weighted by Crippen LogP contribution is -2.25. The quantitative estimate of drug-likeness (QED) is 0.554. The smallest absolute Gasteiger partial charge is 0.0381 e. The molecule has 2 N–H and O–H groups in total. The Labute approximate surface area is 80.3 Å². The molecule has 0 atom stereocenters. The maximum atomic E-state index is 5.63. The summed E-state index contributed by atoms with van der Waals surface area (Å²) in [4.78, 5) is 0. The lowest BCUT2D eigenvalue weighted by molar-refractivity contribution is 0.340. The van der Waals surface area contributed by atoms with Crippen LogP contribution in [-0.2, 0) is 6.54 Å². The summed E-state index contributed by atoms with van der Waals surface area (Å²) in [5.41, 5.74) is 5.32. The predicted molar refractivity (Wildman–Crippen MR) is 56.3 cm³/mol. The van der Waals surface area contributed by atoms with E-state index in [4.69, 9.17) is 5.84 Å². The first-order valence-electron chi connectivity index (χ1n) is 4.53. The molecule has 0 saturated carbocycles. The maximum Gasteiger partial charge on any atom is 0.0381 e. The molecule has 0 radical (unpaired) electrons. The predicted octanol–water partition coefficient (Wildman–Crippen LogP) is 1.92. The van der Waals surface area contributed by atoms with Crippen LogP contribution in [-0.4, -0.2) is 12.1 Å². The van der Waals surface area contributed by atoms with E-state index in [1.165, 1.54) is 22.3 Å². The molecule has 0 saturated heterocycles. The van der Waals surface area contributed by atoms with Gasteiger partial charge in [-0.05, 0) is 37.5 Å². The van der Waals surface area contributed by atoms with E-state index in [0.717, 1.165) is 6.54 Å². The summed E-state index contributed by atoms with van der Waals surface area (Å²) < 4.78 is 0. The van der Waals surface area contributed by atoms with Gasteiger partial charge in [-0.25, -0.2) is 5.01 Å². The standard InChI is InChI=1S/C11H18N2/c1-8-5-9(2)11(7-13(4)12)10(3)6-8/h5-6H,7,12H2,1-4H3. The van der Waals surface area contributed by atoms with E-state index in [2.05, 4.69) is 32.9 Å². The second kappa shape index (κ2) is 3.90. The Morgan fingerprint density at radius 3 is 2.00 bits per heavy atom. The van der Waals surface area contributed by atoms with Crippen molar-refractivity contribution in [2.75, 3.05) is 7.05 Å². The van der Waals surface area contributed by atoms with Gasteiger partial charge < -0.3 is 0 Å². The van der Waals surface area contributed by atoms with Crippen LogP contribution in [0.25, 0.3) is 0 Å². The number of nitrogens with two attached hydrogens (primary N) is 1. The highest BCUT2D eigenvalue weighted by Gasteiger charge is 2.04. The molecular weight excluding hydrogens is 160 g/mol. The van der Waals surface area contributed by atoms with Gasteiger partial charge in [-0.3, -0.25) is 5.84 Å². The fourth-order valence-electron chi connectivity index (χ4n) is 1.71. The summed E-state index contributed by atoms with van der Waals surface area (Å²) in [6.45, 7) is 7.21. The number of hydrogen-bond donors (Lipinski definition) is 1. The van der Waals surface area contributed by atoms with Gasteiger partial charge in [0.1, 0.15) is 0 Å². The van der Waals surface area contributed by atoms with Crippen molar-refractivity contribution in [1.82, 2.24) is 5.01 Å². The molecule has 0 fully saturated rings. The summed E-state index contributed by atoms with van der Waals surface area (Å²) in [6.07, 6.45) is 0. The highest BCUT2D eigenvalue weighted by Crippen LogP contribution is 2.16. The van der Waals surface area contributed by atoms with Gasteiger partial charge in [-0.2, -0.15) is 0 Å². The molecule has 1 aromatic carbocycles. The summed E-state index contributed by atoms with van der Waals surface area (Å²) in [7, 11) is 1.89. The first kappa shape index (κ1) is 10.2. The SMILES string of the molecule is Cc1cc(C)c(CN(C)N)c(C)c1. The van der Waals surface area contributed by atoms with Crippen LogP contribution in [0.1, 0.15) is 22.3 Å². The van der Waals surface area contributed by atoms with E-state index in [1.807, 2.05) is 7.05 Å². The van der Waals surface area contributed by atoms with Crippen LogP contribution in [0.2, 0.25) is 0 Å². The number of rotatable bonds is 2. The summed E-state index contributed by atoms with van der Waals surface area (Å²) in [5, 5.41) is 1.71. The number of hydrogen-bond acceptors (Lipinski definition) is 2. The summed E-state index contributed by atoms with van der Waals surface area (Å²) >= 11 is 0. The summed E-state index contributed by atoms with van der Waals surface area (Å²) in [5.74, 6) is 5.63. The normalized spacial score (nSPS) is 10.9. The molecule has 2 heteroatoms. The third-order valence-electron chi connectivity index (χ3n) is 2.25. The van der Waals surface area contributed by atoms with Gasteiger partial charge in [-0.15, -0.1) is 0 Å². The second-order valence-corrected chi connectivity index (χ2v) is 3.79. The molecule has 0 aliphatic rings. The van der Waals surface area contributed by atoms with E-state index in [0.29, 0.717) is 0 Å². The monoisotopic (exact) mass is 178 g/mol. The van der Waals surface area contributed by atoms with Crippen LogP contribution in [0.5, 0.6) is 0 Å². The zero-order valence-electron chi connectivity index (χ0n) is 8.89. The largest absolute Gasteiger partial charge is 0.269 e. The highest BCUT2D eigenvalue weighted by molar-refractivity contribution is 5.37. The zero-order valence-corrected chi connectivity index (χ0v) is 8.89. The van der Waals surface area contributed by atoms with Crippen molar-refractivity contribution >= 4 is 0 Å². The molecule has 1 rings (SSSR count). The van der Waals surface area contributed by atoms with Crippen molar-refractivity contribution in [3.05, 3.63) is 34.4 Å². The van der Waals surface area contributed by atoms with E-state index in [9.17, 15) is 0 Å². The molecule has 0 aliphatic heterocycles. The van der Waals surface area contributed by atoms with Gasteiger partial charge in [0.05, 0.1) is 0 Å². The van der Waals surface area contributed by atoms with Crippen LogP contribution >= 0.6 is 0 Å². The molecular formula is C11H18N2. The Morgan fingerprint density at radius 1 is 1.15 bits per heavy atom. The van der Waals surface area contributed by atoms with Crippen molar-refractivity contribution in [1.29, 1.82) is 0 Å². The lowest BCUT2D eigenvalue weighted by atomic mass is 10.00. The van der Waals surface area contributed by atoms with Gasteiger partial charge in [-0.1, -0.05) is 17.7 Å². The van der Waals surface area contributed by atoms with Gasteiger partial charge >= 0.3 is 0 Å². The van der Waals surface area contributed by atoms with Crippen molar-refractivity contribution in [3.63, 3.8) is 0 Å². The maximum absolute atomic E-state index is 5.63. The second-order valence-electron chi connectivity index (χ2n) is 3.79. The first-order chi connectivity index (χ1) is 6.00. The molecule has 0 aromatic heterocycles.